The zero-order valence-electron chi connectivity index (χ0n) is 8.42. The van der Waals surface area contributed by atoms with Crippen LogP contribution < -0.4 is 0 Å². The van der Waals surface area contributed by atoms with E-state index in [2.05, 4.69) is 10.3 Å². The van der Waals surface area contributed by atoms with Crippen LogP contribution in [0.1, 0.15) is 23.1 Å². The molecule has 0 aliphatic heterocycles. The second-order valence-corrected chi connectivity index (χ2v) is 3.14. The Morgan fingerprint density at radius 1 is 1.33 bits per heavy atom. The van der Waals surface area contributed by atoms with Gasteiger partial charge in [0.05, 0.1) is 11.4 Å². The summed E-state index contributed by atoms with van der Waals surface area (Å²) in [6.07, 6.45) is 1.51. The zero-order chi connectivity index (χ0) is 10.7. The lowest BCUT2D eigenvalue weighted by Gasteiger charge is -2.01. The standard InChI is InChI=1S/C11H11N3O/c1-2-10-11(8-15)14(13-12-10)9-6-4-3-5-7-9/h3-8H,2H2,1H3. The number of nitrogens with zero attached hydrogens (tertiary/aromatic N) is 3. The molecule has 0 unspecified atom stereocenters. The third kappa shape index (κ3) is 1.66. The monoisotopic (exact) mass is 201 g/mol. The Morgan fingerprint density at radius 2 is 2.07 bits per heavy atom. The first-order valence-electron chi connectivity index (χ1n) is 4.82. The van der Waals surface area contributed by atoms with Gasteiger partial charge < -0.3 is 0 Å². The number of carbonyl (C=O) groups is 1. The second kappa shape index (κ2) is 4.04. The molecule has 0 spiro atoms. The van der Waals surface area contributed by atoms with E-state index in [4.69, 9.17) is 0 Å². The molecule has 0 aliphatic carbocycles. The highest BCUT2D eigenvalue weighted by atomic mass is 16.1. The molecule has 1 aromatic carbocycles. The molecule has 1 heterocycles. The molecule has 4 nitrogen and oxygen atoms in total. The van der Waals surface area contributed by atoms with E-state index in [1.807, 2.05) is 37.3 Å². The van der Waals surface area contributed by atoms with Gasteiger partial charge >= 0.3 is 0 Å². The number of aldehydes is 1. The normalized spacial score (nSPS) is 10.2. The summed E-state index contributed by atoms with van der Waals surface area (Å²) in [5.74, 6) is 0. The molecule has 0 saturated carbocycles. The van der Waals surface area contributed by atoms with E-state index >= 15 is 0 Å². The summed E-state index contributed by atoms with van der Waals surface area (Å²) >= 11 is 0. The van der Waals surface area contributed by atoms with E-state index in [1.165, 1.54) is 0 Å². The first-order chi connectivity index (χ1) is 7.36. The average Bonchev–Trinajstić information content (AvgIpc) is 2.72. The predicted octanol–water partition coefficient (Wildman–Crippen LogP) is 1.64. The molecule has 76 valence electrons. The van der Waals surface area contributed by atoms with E-state index in [0.29, 0.717) is 12.1 Å². The van der Waals surface area contributed by atoms with Gasteiger partial charge in [0.2, 0.25) is 0 Å². The lowest BCUT2D eigenvalue weighted by atomic mass is 10.2. The highest BCUT2D eigenvalue weighted by molar-refractivity contribution is 5.74. The molecule has 0 amide bonds. The molecule has 0 N–H and O–H groups in total. The zero-order valence-corrected chi connectivity index (χ0v) is 8.42. The van der Waals surface area contributed by atoms with Gasteiger partial charge in [-0.05, 0) is 18.6 Å². The second-order valence-electron chi connectivity index (χ2n) is 3.14. The quantitative estimate of drug-likeness (QED) is 0.709. The maximum atomic E-state index is 10.9. The molecule has 0 radical (unpaired) electrons. The summed E-state index contributed by atoms with van der Waals surface area (Å²) in [6.45, 7) is 1.95. The van der Waals surface area contributed by atoms with Gasteiger partial charge in [0.25, 0.3) is 0 Å². The number of hydrogen-bond acceptors (Lipinski definition) is 3. The maximum absolute atomic E-state index is 10.9. The van der Waals surface area contributed by atoms with Crippen LogP contribution in [0.5, 0.6) is 0 Å². The van der Waals surface area contributed by atoms with Gasteiger partial charge in [-0.2, -0.15) is 0 Å². The van der Waals surface area contributed by atoms with Crippen molar-refractivity contribution in [2.75, 3.05) is 0 Å². The van der Waals surface area contributed by atoms with Gasteiger partial charge in [0.15, 0.2) is 6.29 Å². The van der Waals surface area contributed by atoms with Crippen molar-refractivity contribution in [3.63, 3.8) is 0 Å². The number of benzene rings is 1. The highest BCUT2D eigenvalue weighted by Crippen LogP contribution is 2.10. The van der Waals surface area contributed by atoms with Crippen molar-refractivity contribution in [3.05, 3.63) is 41.7 Å². The number of aromatic nitrogens is 3. The van der Waals surface area contributed by atoms with E-state index in [-0.39, 0.29) is 0 Å². The maximum Gasteiger partial charge on any atom is 0.170 e. The van der Waals surface area contributed by atoms with Crippen LogP contribution >= 0.6 is 0 Å². The Bertz CT molecular complexity index is 462. The van der Waals surface area contributed by atoms with Gasteiger partial charge in [-0.25, -0.2) is 4.68 Å². The van der Waals surface area contributed by atoms with Crippen molar-refractivity contribution in [2.45, 2.75) is 13.3 Å². The van der Waals surface area contributed by atoms with Crippen LogP contribution in [-0.4, -0.2) is 21.3 Å². The predicted molar refractivity (Wildman–Crippen MR) is 56.1 cm³/mol. The molecule has 0 saturated heterocycles. The summed E-state index contributed by atoms with van der Waals surface area (Å²) in [5, 5.41) is 7.93. The topological polar surface area (TPSA) is 47.8 Å². The molecule has 4 heteroatoms. The fraction of sp³-hybridized carbons (Fsp3) is 0.182. The molecule has 0 atom stereocenters. The molecule has 0 aliphatic rings. The van der Waals surface area contributed by atoms with Crippen LogP contribution in [0.4, 0.5) is 0 Å². The fourth-order valence-corrected chi connectivity index (χ4v) is 1.45. The Morgan fingerprint density at radius 3 is 2.67 bits per heavy atom. The number of aryl methyl sites for hydroxylation is 1. The van der Waals surface area contributed by atoms with E-state index in [1.54, 1.807) is 4.68 Å². The van der Waals surface area contributed by atoms with Crippen molar-refractivity contribution < 1.29 is 4.79 Å². The molecule has 0 fully saturated rings. The lowest BCUT2D eigenvalue weighted by Crippen LogP contribution is -2.02. The highest BCUT2D eigenvalue weighted by Gasteiger charge is 2.10. The number of para-hydroxylation sites is 1. The van der Waals surface area contributed by atoms with Gasteiger partial charge in [0.1, 0.15) is 5.69 Å². The van der Waals surface area contributed by atoms with Crippen molar-refractivity contribution in [1.29, 1.82) is 0 Å². The summed E-state index contributed by atoms with van der Waals surface area (Å²) in [7, 11) is 0. The fourth-order valence-electron chi connectivity index (χ4n) is 1.45. The summed E-state index contributed by atoms with van der Waals surface area (Å²) < 4.78 is 1.56. The first-order valence-corrected chi connectivity index (χ1v) is 4.82. The van der Waals surface area contributed by atoms with E-state index in [9.17, 15) is 4.79 Å². The Labute approximate surface area is 87.5 Å². The van der Waals surface area contributed by atoms with Gasteiger partial charge in [0, 0.05) is 0 Å². The lowest BCUT2D eigenvalue weighted by molar-refractivity contribution is 0.111. The third-order valence-corrected chi connectivity index (χ3v) is 2.23. The van der Waals surface area contributed by atoms with Gasteiger partial charge in [-0.3, -0.25) is 4.79 Å². The number of hydrogen-bond donors (Lipinski definition) is 0. The van der Waals surface area contributed by atoms with Crippen LogP contribution in [-0.2, 0) is 6.42 Å². The smallest absolute Gasteiger partial charge is 0.170 e. The van der Waals surface area contributed by atoms with Gasteiger partial charge in [-0.1, -0.05) is 30.3 Å². The Balaban J connectivity index is 2.54. The molecular formula is C11H11N3O. The van der Waals surface area contributed by atoms with Gasteiger partial charge in [-0.15, -0.1) is 5.10 Å². The van der Waals surface area contributed by atoms with E-state index < -0.39 is 0 Å². The van der Waals surface area contributed by atoms with Crippen LogP contribution in [0.3, 0.4) is 0 Å². The van der Waals surface area contributed by atoms with Crippen molar-refractivity contribution in [3.8, 4) is 5.69 Å². The van der Waals surface area contributed by atoms with Crippen LogP contribution in [0.15, 0.2) is 30.3 Å². The molecule has 0 bridgehead atoms. The SMILES string of the molecule is CCc1nnn(-c2ccccc2)c1C=O. The largest absolute Gasteiger partial charge is 0.296 e. The number of carbonyl (C=O) groups excluding carboxylic acids is 1. The minimum Gasteiger partial charge on any atom is -0.296 e. The van der Waals surface area contributed by atoms with E-state index in [0.717, 1.165) is 17.7 Å². The summed E-state index contributed by atoms with van der Waals surface area (Å²) in [4.78, 5) is 10.9. The molecular weight excluding hydrogens is 190 g/mol. The van der Waals surface area contributed by atoms with Crippen molar-refractivity contribution in [1.82, 2.24) is 15.0 Å². The first kappa shape index (κ1) is 9.58. The Hall–Kier alpha value is -1.97. The van der Waals surface area contributed by atoms with Crippen molar-refractivity contribution in [2.24, 2.45) is 0 Å². The summed E-state index contributed by atoms with van der Waals surface area (Å²) in [5.41, 5.74) is 2.12. The van der Waals surface area contributed by atoms with Crippen LogP contribution in [0.2, 0.25) is 0 Å². The third-order valence-electron chi connectivity index (χ3n) is 2.23. The number of rotatable bonds is 3. The minimum atomic E-state index is 0.531. The van der Waals surface area contributed by atoms with Crippen LogP contribution in [0.25, 0.3) is 5.69 Å². The molecule has 2 aromatic rings. The molecule has 1 aromatic heterocycles. The molecule has 2 rings (SSSR count). The summed E-state index contributed by atoms with van der Waals surface area (Å²) in [6, 6.07) is 9.50. The molecule has 15 heavy (non-hydrogen) atoms. The van der Waals surface area contributed by atoms with Crippen molar-refractivity contribution >= 4 is 6.29 Å². The minimum absolute atomic E-state index is 0.531. The average molecular weight is 201 g/mol. The Kier molecular flexibility index (Phi) is 2.58. The van der Waals surface area contributed by atoms with Crippen LogP contribution in [0, 0.1) is 0 Å².